The van der Waals surface area contributed by atoms with Gasteiger partial charge < -0.3 is 9.90 Å². The number of aliphatic carboxylic acids is 1. The molecular formula is C10H11N2O6S-. The second kappa shape index (κ2) is 5.22. The molecule has 0 saturated carbocycles. The number of benzene rings is 1. The molecule has 9 heteroatoms. The van der Waals surface area contributed by atoms with Crippen molar-refractivity contribution in [3.05, 3.63) is 33.9 Å². The molecule has 1 aromatic rings. The molecule has 0 aliphatic heterocycles. The Balaban J connectivity index is 3.41. The number of nitrogens with zero attached hydrogens (tertiary/aromatic N) is 2. The van der Waals surface area contributed by atoms with E-state index in [9.17, 15) is 28.4 Å². The van der Waals surface area contributed by atoms with E-state index in [-0.39, 0.29) is 11.4 Å². The molecule has 1 rings (SSSR count). The highest BCUT2D eigenvalue weighted by Gasteiger charge is 2.21. The number of nitro groups is 1. The van der Waals surface area contributed by atoms with E-state index < -0.39 is 27.5 Å². The number of aryl methyl sites for hydroxylation is 1. The fourth-order valence-electron chi connectivity index (χ4n) is 1.48. The third-order valence-corrected chi connectivity index (χ3v) is 3.47. The van der Waals surface area contributed by atoms with E-state index >= 15 is 0 Å². The summed E-state index contributed by atoms with van der Waals surface area (Å²) >= 11 is 0. The van der Waals surface area contributed by atoms with E-state index in [2.05, 4.69) is 0 Å². The van der Waals surface area contributed by atoms with Gasteiger partial charge in [0.1, 0.15) is 0 Å². The molecule has 0 aromatic heterocycles. The number of hydrogen-bond donors (Lipinski definition) is 0. The van der Waals surface area contributed by atoms with Gasteiger partial charge in [-0.05, 0) is 12.5 Å². The predicted octanol–water partition coefficient (Wildman–Crippen LogP) is -0.581. The summed E-state index contributed by atoms with van der Waals surface area (Å²) < 4.78 is 23.7. The van der Waals surface area contributed by atoms with Crippen molar-refractivity contribution in [3.63, 3.8) is 0 Å². The Morgan fingerprint density at radius 3 is 2.42 bits per heavy atom. The molecule has 0 aliphatic rings. The van der Waals surface area contributed by atoms with Gasteiger partial charge >= 0.3 is 0 Å². The molecular weight excluding hydrogens is 276 g/mol. The van der Waals surface area contributed by atoms with Crippen LogP contribution in [-0.2, 0) is 14.8 Å². The van der Waals surface area contributed by atoms with Crippen molar-refractivity contribution in [2.75, 3.05) is 17.1 Å². The lowest BCUT2D eigenvalue weighted by molar-refractivity contribution is -0.384. The second-order valence-corrected chi connectivity index (χ2v) is 5.78. The Bertz CT molecular complexity index is 625. The summed E-state index contributed by atoms with van der Waals surface area (Å²) in [7, 11) is -3.89. The largest absolute Gasteiger partial charge is 0.548 e. The Morgan fingerprint density at radius 2 is 2.00 bits per heavy atom. The van der Waals surface area contributed by atoms with Crippen molar-refractivity contribution in [2.45, 2.75) is 6.92 Å². The van der Waals surface area contributed by atoms with Gasteiger partial charge in [0.25, 0.3) is 5.69 Å². The monoisotopic (exact) mass is 287 g/mol. The van der Waals surface area contributed by atoms with E-state index in [4.69, 9.17) is 0 Å². The molecule has 0 spiro atoms. The molecule has 0 aliphatic carbocycles. The quantitative estimate of drug-likeness (QED) is 0.527. The fraction of sp³-hybridized carbons (Fsp3) is 0.300. The lowest BCUT2D eigenvalue weighted by Crippen LogP contribution is -2.41. The average molecular weight is 287 g/mol. The average Bonchev–Trinajstić information content (AvgIpc) is 2.25. The lowest BCUT2D eigenvalue weighted by Gasteiger charge is -2.24. The van der Waals surface area contributed by atoms with Crippen LogP contribution in [0.3, 0.4) is 0 Å². The van der Waals surface area contributed by atoms with Crippen LogP contribution in [0.25, 0.3) is 0 Å². The van der Waals surface area contributed by atoms with Crippen LogP contribution in [0.1, 0.15) is 5.56 Å². The van der Waals surface area contributed by atoms with Crippen molar-refractivity contribution in [3.8, 4) is 0 Å². The van der Waals surface area contributed by atoms with Gasteiger partial charge in [0.05, 0.1) is 29.4 Å². The van der Waals surface area contributed by atoms with Gasteiger partial charge in [0, 0.05) is 12.1 Å². The van der Waals surface area contributed by atoms with Gasteiger partial charge in [0.15, 0.2) is 0 Å². The van der Waals surface area contributed by atoms with Crippen LogP contribution in [0.5, 0.6) is 0 Å². The van der Waals surface area contributed by atoms with Gasteiger partial charge in [-0.1, -0.05) is 6.07 Å². The Hall–Kier alpha value is -2.16. The first-order chi connectivity index (χ1) is 8.62. The molecule has 0 heterocycles. The molecule has 19 heavy (non-hydrogen) atoms. The second-order valence-electron chi connectivity index (χ2n) is 3.87. The zero-order valence-electron chi connectivity index (χ0n) is 10.2. The predicted molar refractivity (Wildman–Crippen MR) is 65.0 cm³/mol. The summed E-state index contributed by atoms with van der Waals surface area (Å²) in [6.07, 6.45) is 0.814. The van der Waals surface area contributed by atoms with Crippen LogP contribution >= 0.6 is 0 Å². The zero-order valence-corrected chi connectivity index (χ0v) is 11.0. The van der Waals surface area contributed by atoms with Gasteiger partial charge in [0.2, 0.25) is 10.0 Å². The van der Waals surface area contributed by atoms with Gasteiger partial charge in [-0.3, -0.25) is 14.4 Å². The number of nitro benzene ring substituents is 1. The normalized spacial score (nSPS) is 11.1. The third kappa shape index (κ3) is 3.65. The maximum absolute atomic E-state index is 11.6. The molecule has 0 fully saturated rings. The van der Waals surface area contributed by atoms with E-state index in [0.29, 0.717) is 9.87 Å². The molecule has 0 saturated heterocycles. The molecule has 104 valence electrons. The smallest absolute Gasteiger partial charge is 0.271 e. The third-order valence-electron chi connectivity index (χ3n) is 2.35. The highest BCUT2D eigenvalue weighted by Crippen LogP contribution is 2.27. The Kier molecular flexibility index (Phi) is 4.10. The number of carboxylic acids is 1. The minimum absolute atomic E-state index is 0.0547. The molecule has 0 atom stereocenters. The number of hydrogen-bond acceptors (Lipinski definition) is 6. The van der Waals surface area contributed by atoms with Crippen LogP contribution in [0.2, 0.25) is 0 Å². The van der Waals surface area contributed by atoms with Crippen LogP contribution < -0.4 is 9.41 Å². The van der Waals surface area contributed by atoms with Gasteiger partial charge in [-0.25, -0.2) is 8.42 Å². The van der Waals surface area contributed by atoms with Crippen molar-refractivity contribution in [2.24, 2.45) is 0 Å². The highest BCUT2D eigenvalue weighted by molar-refractivity contribution is 7.92. The van der Waals surface area contributed by atoms with Gasteiger partial charge in [-0.2, -0.15) is 0 Å². The SMILES string of the molecule is Cc1ccc([N+](=O)[O-])cc1N(CC(=O)[O-])S(C)(=O)=O. The van der Waals surface area contributed by atoms with E-state index in [1.165, 1.54) is 19.1 Å². The van der Waals surface area contributed by atoms with Crippen LogP contribution in [0, 0.1) is 17.0 Å². The number of carboxylic acid groups (broad SMARTS) is 1. The summed E-state index contributed by atoms with van der Waals surface area (Å²) in [5.74, 6) is -1.60. The first kappa shape index (κ1) is 14.9. The Morgan fingerprint density at radius 1 is 1.42 bits per heavy atom. The molecule has 0 radical (unpaired) electrons. The van der Waals surface area contributed by atoms with Crippen LogP contribution in [0.4, 0.5) is 11.4 Å². The number of sulfonamides is 1. The first-order valence-electron chi connectivity index (χ1n) is 5.05. The van der Waals surface area contributed by atoms with E-state index in [1.54, 1.807) is 0 Å². The van der Waals surface area contributed by atoms with Crippen LogP contribution in [-0.4, -0.2) is 32.1 Å². The number of rotatable bonds is 5. The first-order valence-corrected chi connectivity index (χ1v) is 6.90. The summed E-state index contributed by atoms with van der Waals surface area (Å²) in [5.41, 5.74) is 0.0192. The molecule has 1 aromatic carbocycles. The molecule has 8 nitrogen and oxygen atoms in total. The van der Waals surface area contributed by atoms with Gasteiger partial charge in [-0.15, -0.1) is 0 Å². The summed E-state index contributed by atoms with van der Waals surface area (Å²) in [6.45, 7) is 0.618. The topological polar surface area (TPSA) is 121 Å². The van der Waals surface area contributed by atoms with Crippen molar-refractivity contribution >= 4 is 27.4 Å². The number of carbonyl (C=O) groups excluding carboxylic acids is 1. The minimum Gasteiger partial charge on any atom is -0.548 e. The van der Waals surface area contributed by atoms with Crippen LogP contribution in [0.15, 0.2) is 18.2 Å². The highest BCUT2D eigenvalue weighted by atomic mass is 32.2. The summed E-state index contributed by atoms with van der Waals surface area (Å²) in [4.78, 5) is 20.6. The lowest BCUT2D eigenvalue weighted by atomic mass is 10.2. The Labute approximate surface area is 109 Å². The maximum Gasteiger partial charge on any atom is 0.271 e. The fourth-order valence-corrected chi connectivity index (χ4v) is 2.37. The number of non-ortho nitro benzene ring substituents is 1. The molecule has 0 N–H and O–H groups in total. The maximum atomic E-state index is 11.6. The standard InChI is InChI=1S/C10H12N2O6S/c1-7-3-4-8(12(15)16)5-9(7)11(6-10(13)14)19(2,17)18/h3-5H,6H2,1-2H3,(H,13,14)/p-1. The number of anilines is 1. The zero-order chi connectivity index (χ0) is 14.8. The molecule has 0 unspecified atom stereocenters. The molecule has 0 amide bonds. The van der Waals surface area contributed by atoms with Crippen molar-refractivity contribution in [1.82, 2.24) is 0 Å². The molecule has 0 bridgehead atoms. The van der Waals surface area contributed by atoms with E-state index in [0.717, 1.165) is 12.3 Å². The summed E-state index contributed by atoms with van der Waals surface area (Å²) in [5, 5.41) is 21.3. The van der Waals surface area contributed by atoms with E-state index in [1.807, 2.05) is 0 Å². The minimum atomic E-state index is -3.89. The van der Waals surface area contributed by atoms with Crippen molar-refractivity contribution in [1.29, 1.82) is 0 Å². The van der Waals surface area contributed by atoms with Crippen molar-refractivity contribution < 1.29 is 23.2 Å². The number of carbonyl (C=O) groups is 1. The summed E-state index contributed by atoms with van der Waals surface area (Å²) in [6, 6.07) is 3.57.